The van der Waals surface area contributed by atoms with Crippen molar-refractivity contribution >= 4 is 27.4 Å². The third kappa shape index (κ3) is 4.17. The van der Waals surface area contributed by atoms with Gasteiger partial charge in [-0.05, 0) is 31.7 Å². The van der Waals surface area contributed by atoms with Crippen LogP contribution in [0.5, 0.6) is 0 Å². The molecule has 0 bridgehead atoms. The predicted molar refractivity (Wildman–Crippen MR) is 104 cm³/mol. The SMILES string of the molecule is Cc1nn(C)c(C)c1S(=O)(=O)N1CCCN(C(=O)NCc2cccs2)CC1. The summed E-state index contributed by atoms with van der Waals surface area (Å²) in [6, 6.07) is 3.76. The largest absolute Gasteiger partial charge is 0.333 e. The Kier molecular flexibility index (Phi) is 5.87. The molecule has 1 N–H and O–H groups in total. The number of urea groups is 1. The third-order valence-corrected chi connectivity index (χ3v) is 7.80. The van der Waals surface area contributed by atoms with Gasteiger partial charge in [-0.3, -0.25) is 4.68 Å². The van der Waals surface area contributed by atoms with Crippen molar-refractivity contribution < 1.29 is 13.2 Å². The van der Waals surface area contributed by atoms with Crippen LogP contribution in [0.2, 0.25) is 0 Å². The number of nitrogens with zero attached hydrogens (tertiary/aromatic N) is 4. The zero-order chi connectivity index (χ0) is 19.6. The monoisotopic (exact) mass is 411 g/mol. The molecule has 0 unspecified atom stereocenters. The van der Waals surface area contributed by atoms with Crippen LogP contribution in [-0.2, 0) is 23.6 Å². The molecule has 2 aromatic heterocycles. The van der Waals surface area contributed by atoms with E-state index in [0.29, 0.717) is 44.0 Å². The number of thiophene rings is 1. The summed E-state index contributed by atoms with van der Waals surface area (Å²) in [5, 5.41) is 9.10. The zero-order valence-corrected chi connectivity index (χ0v) is 17.4. The summed E-state index contributed by atoms with van der Waals surface area (Å²) in [7, 11) is -1.89. The Morgan fingerprint density at radius 1 is 1.26 bits per heavy atom. The Morgan fingerprint density at radius 2 is 2.04 bits per heavy atom. The van der Waals surface area contributed by atoms with Crippen LogP contribution in [0, 0.1) is 13.8 Å². The summed E-state index contributed by atoms with van der Waals surface area (Å²) in [5.41, 5.74) is 1.13. The molecule has 1 aliphatic heterocycles. The lowest BCUT2D eigenvalue weighted by Crippen LogP contribution is -2.42. The molecule has 0 aliphatic carbocycles. The maximum Gasteiger partial charge on any atom is 0.317 e. The molecule has 0 aromatic carbocycles. The molecule has 10 heteroatoms. The smallest absolute Gasteiger partial charge is 0.317 e. The molecule has 3 rings (SSSR count). The van der Waals surface area contributed by atoms with Gasteiger partial charge in [0.2, 0.25) is 10.0 Å². The minimum Gasteiger partial charge on any atom is -0.333 e. The van der Waals surface area contributed by atoms with E-state index in [1.165, 1.54) is 4.31 Å². The van der Waals surface area contributed by atoms with Gasteiger partial charge in [0.1, 0.15) is 4.90 Å². The molecule has 148 valence electrons. The maximum atomic E-state index is 13.1. The van der Waals surface area contributed by atoms with Crippen LogP contribution in [0.3, 0.4) is 0 Å². The Balaban J connectivity index is 1.66. The zero-order valence-electron chi connectivity index (χ0n) is 15.8. The number of aromatic nitrogens is 2. The van der Waals surface area contributed by atoms with Crippen LogP contribution >= 0.6 is 11.3 Å². The molecule has 27 heavy (non-hydrogen) atoms. The van der Waals surface area contributed by atoms with Crippen LogP contribution in [0.25, 0.3) is 0 Å². The van der Waals surface area contributed by atoms with E-state index in [-0.39, 0.29) is 17.5 Å². The van der Waals surface area contributed by atoms with E-state index in [0.717, 1.165) is 4.88 Å². The van der Waals surface area contributed by atoms with Crippen molar-refractivity contribution in [3.63, 3.8) is 0 Å². The van der Waals surface area contributed by atoms with Crippen LogP contribution in [0.15, 0.2) is 22.4 Å². The molecule has 2 amide bonds. The molecular formula is C17H25N5O3S2. The van der Waals surface area contributed by atoms with Crippen molar-refractivity contribution in [2.24, 2.45) is 7.05 Å². The van der Waals surface area contributed by atoms with Crippen molar-refractivity contribution in [2.45, 2.75) is 31.7 Å². The van der Waals surface area contributed by atoms with Crippen molar-refractivity contribution in [2.75, 3.05) is 26.2 Å². The van der Waals surface area contributed by atoms with E-state index in [1.54, 1.807) is 41.8 Å². The molecule has 3 heterocycles. The van der Waals surface area contributed by atoms with Gasteiger partial charge >= 0.3 is 6.03 Å². The summed E-state index contributed by atoms with van der Waals surface area (Å²) >= 11 is 1.59. The topological polar surface area (TPSA) is 87.5 Å². The number of hydrogen-bond donors (Lipinski definition) is 1. The van der Waals surface area contributed by atoms with E-state index in [2.05, 4.69) is 10.4 Å². The van der Waals surface area contributed by atoms with E-state index in [4.69, 9.17) is 0 Å². The molecule has 1 aliphatic rings. The van der Waals surface area contributed by atoms with E-state index in [9.17, 15) is 13.2 Å². The Bertz CT molecular complexity index is 905. The Morgan fingerprint density at radius 3 is 2.67 bits per heavy atom. The number of nitrogens with one attached hydrogen (secondary N) is 1. The average molecular weight is 412 g/mol. The summed E-state index contributed by atoms with van der Waals surface area (Å²) in [4.78, 5) is 15.5. The average Bonchev–Trinajstić information content (AvgIpc) is 3.12. The fourth-order valence-corrected chi connectivity index (χ4v) is 5.80. The van der Waals surface area contributed by atoms with Crippen LogP contribution < -0.4 is 5.32 Å². The van der Waals surface area contributed by atoms with Crippen molar-refractivity contribution in [3.05, 3.63) is 33.8 Å². The minimum absolute atomic E-state index is 0.156. The first-order chi connectivity index (χ1) is 12.8. The van der Waals surface area contributed by atoms with Crippen LogP contribution in [-0.4, -0.2) is 59.6 Å². The molecule has 0 radical (unpaired) electrons. The van der Waals surface area contributed by atoms with Gasteiger partial charge in [-0.15, -0.1) is 11.3 Å². The first kappa shape index (κ1) is 19.8. The molecule has 0 saturated carbocycles. The van der Waals surface area contributed by atoms with Gasteiger partial charge in [0.15, 0.2) is 0 Å². The lowest BCUT2D eigenvalue weighted by Gasteiger charge is -2.22. The van der Waals surface area contributed by atoms with Crippen LogP contribution in [0.4, 0.5) is 4.79 Å². The van der Waals surface area contributed by atoms with Gasteiger partial charge in [-0.1, -0.05) is 6.07 Å². The normalized spacial score (nSPS) is 16.3. The highest BCUT2D eigenvalue weighted by Gasteiger charge is 2.32. The molecule has 2 aromatic rings. The fraction of sp³-hybridized carbons (Fsp3) is 0.529. The number of hydrogen-bond acceptors (Lipinski definition) is 5. The summed E-state index contributed by atoms with van der Waals surface area (Å²) in [6.07, 6.45) is 0.601. The van der Waals surface area contributed by atoms with E-state index < -0.39 is 10.0 Å². The second-order valence-corrected chi connectivity index (χ2v) is 9.51. The molecule has 1 fully saturated rings. The summed E-state index contributed by atoms with van der Waals surface area (Å²) in [6.45, 7) is 5.54. The molecule has 0 spiro atoms. The molecule has 0 atom stereocenters. The van der Waals surface area contributed by atoms with E-state index >= 15 is 0 Å². The van der Waals surface area contributed by atoms with Gasteiger partial charge in [-0.2, -0.15) is 9.40 Å². The first-order valence-corrected chi connectivity index (χ1v) is 11.2. The van der Waals surface area contributed by atoms with Gasteiger partial charge in [0.25, 0.3) is 0 Å². The lowest BCUT2D eigenvalue weighted by molar-refractivity contribution is 0.200. The second kappa shape index (κ2) is 7.99. The third-order valence-electron chi connectivity index (χ3n) is 4.78. The Labute approximate surface area is 163 Å². The highest BCUT2D eigenvalue weighted by molar-refractivity contribution is 7.89. The van der Waals surface area contributed by atoms with E-state index in [1.807, 2.05) is 17.5 Å². The molecule has 1 saturated heterocycles. The first-order valence-electron chi connectivity index (χ1n) is 8.86. The van der Waals surface area contributed by atoms with Gasteiger partial charge in [0.05, 0.1) is 17.9 Å². The lowest BCUT2D eigenvalue weighted by atomic mass is 10.4. The number of aryl methyl sites for hydroxylation is 2. The number of rotatable bonds is 4. The highest BCUT2D eigenvalue weighted by Crippen LogP contribution is 2.24. The van der Waals surface area contributed by atoms with Gasteiger partial charge in [0, 0.05) is 38.1 Å². The number of sulfonamides is 1. The summed E-state index contributed by atoms with van der Waals surface area (Å²) in [5.74, 6) is 0. The predicted octanol–water partition coefficient (Wildman–Crippen LogP) is 1.70. The summed E-state index contributed by atoms with van der Waals surface area (Å²) < 4.78 is 29.3. The quantitative estimate of drug-likeness (QED) is 0.830. The van der Waals surface area contributed by atoms with Gasteiger partial charge < -0.3 is 10.2 Å². The maximum absolute atomic E-state index is 13.1. The van der Waals surface area contributed by atoms with Crippen molar-refractivity contribution in [1.29, 1.82) is 0 Å². The van der Waals surface area contributed by atoms with Crippen LogP contribution in [0.1, 0.15) is 22.7 Å². The fourth-order valence-electron chi connectivity index (χ4n) is 3.28. The number of carbonyl (C=O) groups excluding carboxylic acids is 1. The highest BCUT2D eigenvalue weighted by atomic mass is 32.2. The molecular weight excluding hydrogens is 386 g/mol. The van der Waals surface area contributed by atoms with Crippen molar-refractivity contribution in [3.8, 4) is 0 Å². The second-order valence-electron chi connectivity index (χ2n) is 6.61. The standard InChI is InChI=1S/C17H25N5O3S2/c1-13-16(14(2)20(3)19-13)27(24,25)22-8-5-7-21(9-10-22)17(23)18-12-15-6-4-11-26-15/h4,6,11H,5,7-10,12H2,1-3H3,(H,18,23). The minimum atomic E-state index is -3.63. The van der Waals surface area contributed by atoms with Gasteiger partial charge in [-0.25, -0.2) is 13.2 Å². The molecule has 8 nitrogen and oxygen atoms in total. The van der Waals surface area contributed by atoms with Crippen molar-refractivity contribution in [1.82, 2.24) is 24.3 Å². The number of carbonyl (C=O) groups is 1. The number of amides is 2. The Hall–Kier alpha value is -1.91.